The molecule has 5 heteroatoms. The van der Waals surface area contributed by atoms with E-state index in [0.29, 0.717) is 23.8 Å². The molecular formula is C41H72N2O3. The lowest BCUT2D eigenvalue weighted by Crippen LogP contribution is -2.50. The van der Waals surface area contributed by atoms with Crippen LogP contribution in [0.3, 0.4) is 0 Å². The highest BCUT2D eigenvalue weighted by Gasteiger charge is 2.59. The molecule has 0 radical (unpaired) electrons. The number of aliphatic hydroxyl groups is 1. The van der Waals surface area contributed by atoms with E-state index in [1.165, 1.54) is 83.5 Å². The molecule has 9 atom stereocenters. The number of allylic oxidation sites excluding steroid dienone is 1. The van der Waals surface area contributed by atoms with Crippen LogP contribution in [0.25, 0.3) is 0 Å². The van der Waals surface area contributed by atoms with Crippen LogP contribution >= 0.6 is 0 Å². The first kappa shape index (κ1) is 39.1. The quantitative estimate of drug-likeness (QED) is 0.108. The highest BCUT2D eigenvalue weighted by molar-refractivity contribution is 5.72. The maximum absolute atomic E-state index is 10.2. The highest BCUT2D eigenvalue weighted by Crippen LogP contribution is 2.67. The van der Waals surface area contributed by atoms with Crippen LogP contribution in [0.15, 0.2) is 11.6 Å². The van der Waals surface area contributed by atoms with Gasteiger partial charge >= 0.3 is 5.97 Å². The fraction of sp³-hybridized carbons (Fsp3) is 0.878. The molecule has 0 bridgehead atoms. The lowest BCUT2D eigenvalue weighted by Gasteiger charge is -2.58. The average Bonchev–Trinajstić information content (AvgIpc) is 3.35. The first-order valence-electron chi connectivity index (χ1n) is 19.5. The zero-order chi connectivity index (χ0) is 33.7. The summed E-state index contributed by atoms with van der Waals surface area (Å²) in [6, 6.07) is -0.716. The third-order valence-corrected chi connectivity index (χ3v) is 13.0. The minimum Gasteiger partial charge on any atom is -0.480 e. The molecule has 0 aromatic rings. The number of carboxylic acids is 1. The van der Waals surface area contributed by atoms with Gasteiger partial charge in [0.05, 0.1) is 6.10 Å². The zero-order valence-corrected chi connectivity index (χ0v) is 30.5. The van der Waals surface area contributed by atoms with Crippen molar-refractivity contribution in [2.24, 2.45) is 57.8 Å². The Kier molecular flexibility index (Phi) is 16.1. The van der Waals surface area contributed by atoms with E-state index in [0.717, 1.165) is 74.0 Å². The Morgan fingerprint density at radius 1 is 0.913 bits per heavy atom. The van der Waals surface area contributed by atoms with Crippen molar-refractivity contribution >= 4 is 5.97 Å². The maximum Gasteiger partial charge on any atom is 0.320 e. The Hall–Kier alpha value is -1.35. The molecule has 5 aliphatic rings. The summed E-state index contributed by atoms with van der Waals surface area (Å²) in [6.45, 7) is 13.2. The van der Waals surface area contributed by atoms with Crippen LogP contribution in [-0.2, 0) is 4.79 Å². The normalized spacial score (nSPS) is 34.6. The van der Waals surface area contributed by atoms with Crippen molar-refractivity contribution in [3.05, 3.63) is 11.6 Å². The number of unbranched alkanes of at least 4 members (excludes halogenated alkanes) is 1. The Morgan fingerprint density at radius 2 is 1.61 bits per heavy atom. The standard InChI is InChI=1S/C27H46O.C8H12.C6H14N2O2/c1-18(2)7-6-8-19(3)23-11-12-24-22-10-9-20-17-21(28)13-15-26(20,4)25(22)14-16-27(23,24)5;1-2-4-6-8-7-5-3-1;7-4-2-1-3-5(8)6(9)10/h9,18-19,21-25,28H,6-8,10-17H2,1-5H3;1-6H2;5H,1-4,7-8H2,(H,9,10)/t19?,21-,22-,23+,24-,25-,26-,27+;;/m0../s1. The van der Waals surface area contributed by atoms with Crippen LogP contribution in [0, 0.1) is 58.2 Å². The van der Waals surface area contributed by atoms with Crippen LogP contribution in [0.4, 0.5) is 0 Å². The minimum absolute atomic E-state index is 0.0766. The van der Waals surface area contributed by atoms with Crippen LogP contribution in [0.2, 0.25) is 0 Å². The smallest absolute Gasteiger partial charge is 0.320 e. The topological polar surface area (TPSA) is 110 Å². The molecule has 0 heterocycles. The molecular weight excluding hydrogens is 568 g/mol. The molecule has 5 aliphatic carbocycles. The summed E-state index contributed by atoms with van der Waals surface area (Å²) in [6.07, 6.45) is 27.1. The van der Waals surface area contributed by atoms with Crippen molar-refractivity contribution < 1.29 is 15.0 Å². The number of hydrogen-bond donors (Lipinski definition) is 4. The highest BCUT2D eigenvalue weighted by atomic mass is 16.4. The maximum atomic E-state index is 10.2. The van der Waals surface area contributed by atoms with E-state index in [-0.39, 0.29) is 6.10 Å². The predicted octanol–water partition coefficient (Wildman–Crippen LogP) is 9.26. The number of carboxylic acid groups (broad SMARTS) is 1. The van der Waals surface area contributed by atoms with E-state index in [9.17, 15) is 9.90 Å². The van der Waals surface area contributed by atoms with Crippen LogP contribution in [-0.4, -0.2) is 34.9 Å². The summed E-state index contributed by atoms with van der Waals surface area (Å²) in [5, 5.41) is 18.5. The minimum atomic E-state index is -0.933. The fourth-order valence-corrected chi connectivity index (χ4v) is 10.3. The SMILES string of the molecule is C1#CCCCCCC1.CC(C)CCCC(C)[C@H]1CC[C@H]2[C@@H]3CC=C4C[C@@H](O)CC[C@]4(C)[C@H]3CC[C@]12C.NCCCCC(N)C(=O)O. The number of nitrogens with two attached hydrogens (primary N) is 2. The largest absolute Gasteiger partial charge is 0.480 e. The molecule has 0 aliphatic heterocycles. The van der Waals surface area contributed by atoms with Gasteiger partial charge in [0, 0.05) is 12.8 Å². The second-order valence-corrected chi connectivity index (χ2v) is 16.7. The molecule has 46 heavy (non-hydrogen) atoms. The van der Waals surface area contributed by atoms with Gasteiger partial charge in [-0.2, -0.15) is 0 Å². The van der Waals surface area contributed by atoms with E-state index in [1.807, 2.05) is 0 Å². The molecule has 2 unspecified atom stereocenters. The van der Waals surface area contributed by atoms with E-state index < -0.39 is 12.0 Å². The number of rotatable bonds is 10. The van der Waals surface area contributed by atoms with Gasteiger partial charge in [-0.05, 0) is 130 Å². The van der Waals surface area contributed by atoms with Crippen molar-refractivity contribution in [3.63, 3.8) is 0 Å². The van der Waals surface area contributed by atoms with Gasteiger partial charge in [0.15, 0.2) is 0 Å². The van der Waals surface area contributed by atoms with Gasteiger partial charge in [0.1, 0.15) is 6.04 Å². The van der Waals surface area contributed by atoms with Crippen molar-refractivity contribution in [2.45, 2.75) is 175 Å². The van der Waals surface area contributed by atoms with Crippen molar-refractivity contribution in [1.29, 1.82) is 0 Å². The Bertz CT molecular complexity index is 1000. The molecule has 5 rings (SSSR count). The van der Waals surface area contributed by atoms with Crippen LogP contribution < -0.4 is 11.5 Å². The first-order chi connectivity index (χ1) is 21.9. The summed E-state index contributed by atoms with van der Waals surface area (Å²) in [4.78, 5) is 10.1. The second-order valence-electron chi connectivity index (χ2n) is 16.7. The van der Waals surface area contributed by atoms with Gasteiger partial charge in [-0.1, -0.05) is 84.8 Å². The molecule has 3 saturated carbocycles. The summed E-state index contributed by atoms with van der Waals surface area (Å²) in [7, 11) is 0. The molecule has 3 fully saturated rings. The Morgan fingerprint density at radius 3 is 2.24 bits per heavy atom. The van der Waals surface area contributed by atoms with E-state index in [1.54, 1.807) is 5.57 Å². The lowest BCUT2D eigenvalue weighted by molar-refractivity contribution is -0.138. The van der Waals surface area contributed by atoms with Gasteiger partial charge in [-0.15, -0.1) is 11.8 Å². The zero-order valence-electron chi connectivity index (χ0n) is 30.5. The van der Waals surface area contributed by atoms with E-state index >= 15 is 0 Å². The van der Waals surface area contributed by atoms with Crippen molar-refractivity contribution in [2.75, 3.05) is 6.54 Å². The summed E-state index contributed by atoms with van der Waals surface area (Å²) in [5.74, 6) is 10.8. The summed E-state index contributed by atoms with van der Waals surface area (Å²) >= 11 is 0. The van der Waals surface area contributed by atoms with Crippen molar-refractivity contribution in [1.82, 2.24) is 0 Å². The molecule has 0 aromatic carbocycles. The number of hydrogen-bond acceptors (Lipinski definition) is 4. The molecule has 6 N–H and O–H groups in total. The van der Waals surface area contributed by atoms with Gasteiger partial charge in [0.2, 0.25) is 0 Å². The molecule has 0 amide bonds. The summed E-state index contributed by atoms with van der Waals surface area (Å²) < 4.78 is 0. The molecule has 0 saturated heterocycles. The monoisotopic (exact) mass is 641 g/mol. The summed E-state index contributed by atoms with van der Waals surface area (Å²) in [5.41, 5.74) is 13.0. The van der Waals surface area contributed by atoms with Gasteiger partial charge in [0.25, 0.3) is 0 Å². The van der Waals surface area contributed by atoms with Crippen LogP contribution in [0.1, 0.15) is 163 Å². The molecule has 264 valence electrons. The fourth-order valence-electron chi connectivity index (χ4n) is 10.3. The number of aliphatic hydroxyl groups excluding tert-OH is 1. The first-order valence-corrected chi connectivity index (χ1v) is 19.5. The van der Waals surface area contributed by atoms with Gasteiger partial charge < -0.3 is 21.7 Å². The molecule has 5 nitrogen and oxygen atoms in total. The van der Waals surface area contributed by atoms with Crippen LogP contribution in [0.5, 0.6) is 0 Å². The lowest BCUT2D eigenvalue weighted by atomic mass is 9.47. The Labute approximate surface area is 283 Å². The van der Waals surface area contributed by atoms with Gasteiger partial charge in [-0.25, -0.2) is 0 Å². The molecule has 0 spiro atoms. The number of carbonyl (C=O) groups is 1. The Balaban J connectivity index is 0.000000262. The predicted molar refractivity (Wildman–Crippen MR) is 193 cm³/mol. The second kappa shape index (κ2) is 19.0. The van der Waals surface area contributed by atoms with Gasteiger partial charge in [-0.3, -0.25) is 4.79 Å². The molecule has 0 aromatic heterocycles. The average molecular weight is 641 g/mol. The van der Waals surface area contributed by atoms with E-state index in [4.69, 9.17) is 16.6 Å². The third-order valence-electron chi connectivity index (χ3n) is 13.0. The van der Waals surface area contributed by atoms with E-state index in [2.05, 4.69) is 52.5 Å². The van der Waals surface area contributed by atoms with Crippen molar-refractivity contribution in [3.8, 4) is 11.8 Å². The number of fused-ring (bicyclic) bond motifs is 5. The number of aliphatic carboxylic acids is 1. The third kappa shape index (κ3) is 10.6.